The second-order valence-electron chi connectivity index (χ2n) is 16.7. The molecule has 59 heavy (non-hydrogen) atoms. The van der Waals surface area contributed by atoms with Gasteiger partial charge in [-0.25, -0.2) is 0 Å². The van der Waals surface area contributed by atoms with Crippen LogP contribution in [0.5, 0.6) is 0 Å². The maximum atomic E-state index is 14.1. The Bertz CT molecular complexity index is 1910. The van der Waals surface area contributed by atoms with Crippen LogP contribution in [-0.2, 0) is 20.4 Å². The number of anilines is 4. The number of rotatable bonds is 21. The van der Waals surface area contributed by atoms with Crippen molar-refractivity contribution < 1.29 is 19.2 Å². The Morgan fingerprint density at radius 1 is 0.576 bits per heavy atom. The third-order valence-electron chi connectivity index (χ3n) is 9.55. The zero-order valence-corrected chi connectivity index (χ0v) is 37.5. The fourth-order valence-electron chi connectivity index (χ4n) is 5.96. The average Bonchev–Trinajstić information content (AvgIpc) is 3.18. The van der Waals surface area contributed by atoms with Gasteiger partial charge >= 0.3 is 0 Å². The fraction of sp³-hybridized carbons (Fsp3) is 0.500. The van der Waals surface area contributed by atoms with E-state index in [9.17, 15) is 19.2 Å². The first-order valence-electron chi connectivity index (χ1n) is 20.4. The molecule has 4 amide bonds. The zero-order valence-electron chi connectivity index (χ0n) is 35.9. The van der Waals surface area contributed by atoms with Crippen molar-refractivity contribution in [2.75, 3.05) is 52.4 Å². The maximum Gasteiger partial charge on any atom is 0.255 e. The van der Waals surface area contributed by atoms with E-state index in [1.807, 2.05) is 52.0 Å². The zero-order chi connectivity index (χ0) is 43.9. The monoisotopic (exact) mass is 849 g/mol. The van der Waals surface area contributed by atoms with Gasteiger partial charge in [0, 0.05) is 35.7 Å². The van der Waals surface area contributed by atoms with Gasteiger partial charge in [0.15, 0.2) is 0 Å². The van der Waals surface area contributed by atoms with Crippen LogP contribution in [0.4, 0.5) is 22.7 Å². The van der Waals surface area contributed by atoms with Gasteiger partial charge in [0.25, 0.3) is 11.8 Å². The van der Waals surface area contributed by atoms with Crippen LogP contribution in [0.2, 0.25) is 0 Å². The molecular weight excluding hydrogens is 783 g/mol. The third kappa shape index (κ3) is 14.9. The smallest absolute Gasteiger partial charge is 0.255 e. The summed E-state index contributed by atoms with van der Waals surface area (Å²) in [5, 5.41) is 12.2. The van der Waals surface area contributed by atoms with Crippen LogP contribution in [0.3, 0.4) is 0 Å². The summed E-state index contributed by atoms with van der Waals surface area (Å²) in [7, 11) is 0. The third-order valence-corrected chi connectivity index (χ3v) is 11.9. The van der Waals surface area contributed by atoms with E-state index in [4.69, 9.17) is 28.7 Å². The van der Waals surface area contributed by atoms with Crippen molar-refractivity contribution in [1.29, 1.82) is 0 Å². The van der Waals surface area contributed by atoms with Crippen LogP contribution in [0.25, 0.3) is 0 Å². The summed E-state index contributed by atoms with van der Waals surface area (Å²) in [5.74, 6) is -0.468. The van der Waals surface area contributed by atoms with Gasteiger partial charge < -0.3 is 49.9 Å². The van der Waals surface area contributed by atoms with Crippen LogP contribution >= 0.6 is 23.5 Å². The second kappa shape index (κ2) is 23.1. The van der Waals surface area contributed by atoms with E-state index < -0.39 is 23.9 Å². The predicted octanol–water partition coefficient (Wildman–Crippen LogP) is 6.74. The molecule has 0 bridgehead atoms. The Kier molecular flexibility index (Phi) is 19.4. The van der Waals surface area contributed by atoms with E-state index in [1.54, 1.807) is 18.2 Å². The lowest BCUT2D eigenvalue weighted by atomic mass is 9.86. The summed E-state index contributed by atoms with van der Waals surface area (Å²) in [6.45, 7) is 15.6. The molecule has 0 radical (unpaired) electrons. The summed E-state index contributed by atoms with van der Waals surface area (Å²) >= 11 is 2.84. The van der Waals surface area contributed by atoms with Gasteiger partial charge in [-0.2, -0.15) is 0 Å². The molecule has 0 unspecified atom stereocenters. The number of unbranched alkanes of at least 4 members (excludes halogenated alkanes) is 2. The quantitative estimate of drug-likeness (QED) is 0.0401. The minimum absolute atomic E-state index is 0.247. The van der Waals surface area contributed by atoms with Gasteiger partial charge in [0.05, 0.1) is 44.6 Å². The van der Waals surface area contributed by atoms with Crippen LogP contribution in [0.15, 0.2) is 58.3 Å². The van der Waals surface area contributed by atoms with Crippen molar-refractivity contribution >= 4 is 69.9 Å². The molecule has 2 atom stereocenters. The molecule has 0 heterocycles. The first-order chi connectivity index (χ1) is 27.8. The van der Waals surface area contributed by atoms with E-state index in [1.165, 1.54) is 29.6 Å². The predicted molar refractivity (Wildman–Crippen MR) is 248 cm³/mol. The lowest BCUT2D eigenvalue weighted by molar-refractivity contribution is -0.118. The highest BCUT2D eigenvalue weighted by atomic mass is 32.2. The molecular formula is C44H67N9O4S2. The summed E-state index contributed by atoms with van der Waals surface area (Å²) in [6, 6.07) is 12.7. The number of amides is 4. The van der Waals surface area contributed by atoms with E-state index in [0.29, 0.717) is 76.5 Å². The molecule has 14 N–H and O–H groups in total. The molecule has 0 aliphatic rings. The standard InChI is InChI=1S/C44H67N9O4S2/c1-8-9-15-31(48)41(56)52-35-25-29(43(2,3)4)23-33(37(35)58-20-18-46)50-39(54)27-13-12-14-28(22-27)40(55)51-34-24-30(44(5,6)7)26-36(38(34)59-21-19-47)53-42(57)32(49)16-10-11-17-45/h12-14,22-26,31-32H,8-11,15-21,45-49H2,1-7H3,(H,50,54)(H,51,55)(H,52,56)(H,53,57)/t31-,32-/m1/s1. The average molecular weight is 850 g/mol. The van der Waals surface area contributed by atoms with Gasteiger partial charge in [-0.3, -0.25) is 19.2 Å². The number of nitrogens with one attached hydrogen (secondary N) is 4. The SMILES string of the molecule is CCCC[C@@H](N)C(=O)Nc1cc(C(C)(C)C)cc(NC(=O)c2cccc(C(=O)Nc3cc(C(C)(C)C)cc(NC(=O)[C@H](N)CCCCN)c3SCCN)c2)c1SCCN. The number of carbonyl (C=O) groups is 4. The molecule has 0 aliphatic carbocycles. The second-order valence-corrected chi connectivity index (χ2v) is 18.9. The molecule has 0 aromatic heterocycles. The summed E-state index contributed by atoms with van der Waals surface area (Å²) in [4.78, 5) is 55.9. The first kappa shape index (κ1) is 49.4. The van der Waals surface area contributed by atoms with Crippen molar-refractivity contribution in [3.8, 4) is 0 Å². The number of thioether (sulfide) groups is 2. The minimum atomic E-state index is -0.732. The highest BCUT2D eigenvalue weighted by molar-refractivity contribution is 7.99. The Morgan fingerprint density at radius 2 is 0.966 bits per heavy atom. The van der Waals surface area contributed by atoms with E-state index in [0.717, 1.165) is 36.8 Å². The molecule has 0 saturated carbocycles. The van der Waals surface area contributed by atoms with Crippen molar-refractivity contribution in [2.45, 2.75) is 120 Å². The van der Waals surface area contributed by atoms with Crippen LogP contribution in [0.1, 0.15) is 119 Å². The van der Waals surface area contributed by atoms with Crippen molar-refractivity contribution in [3.05, 3.63) is 70.8 Å². The minimum Gasteiger partial charge on any atom is -0.330 e. The topological polar surface area (TPSA) is 247 Å². The number of nitrogens with two attached hydrogens (primary N) is 5. The molecule has 3 rings (SSSR count). The lowest BCUT2D eigenvalue weighted by Gasteiger charge is -2.25. The molecule has 0 fully saturated rings. The van der Waals surface area contributed by atoms with Crippen LogP contribution < -0.4 is 49.9 Å². The highest BCUT2D eigenvalue weighted by Crippen LogP contribution is 2.41. The van der Waals surface area contributed by atoms with Gasteiger partial charge in [-0.1, -0.05) is 73.8 Å². The number of benzene rings is 3. The van der Waals surface area contributed by atoms with Gasteiger partial charge in [-0.05, 0) is 90.2 Å². The normalized spacial score (nSPS) is 12.7. The first-order valence-corrected chi connectivity index (χ1v) is 22.4. The van der Waals surface area contributed by atoms with E-state index >= 15 is 0 Å². The largest absolute Gasteiger partial charge is 0.330 e. The van der Waals surface area contributed by atoms with E-state index in [2.05, 4.69) is 42.0 Å². The molecule has 13 nitrogen and oxygen atoms in total. The maximum absolute atomic E-state index is 14.1. The lowest BCUT2D eigenvalue weighted by Crippen LogP contribution is -2.36. The Labute approximate surface area is 359 Å². The highest BCUT2D eigenvalue weighted by Gasteiger charge is 2.26. The molecule has 0 saturated heterocycles. The molecule has 15 heteroatoms. The Balaban J connectivity index is 2.02. The van der Waals surface area contributed by atoms with Crippen LogP contribution in [0, 0.1) is 0 Å². The molecule has 3 aromatic carbocycles. The Hall–Kier alpha value is -3.96. The van der Waals surface area contributed by atoms with Gasteiger partial charge in [0.1, 0.15) is 0 Å². The molecule has 324 valence electrons. The Morgan fingerprint density at radius 3 is 1.32 bits per heavy atom. The molecule has 0 spiro atoms. The fourth-order valence-corrected chi connectivity index (χ4v) is 7.67. The molecule has 3 aromatic rings. The summed E-state index contributed by atoms with van der Waals surface area (Å²) < 4.78 is 0. The summed E-state index contributed by atoms with van der Waals surface area (Å²) in [6.07, 6.45) is 4.29. The molecule has 0 aliphatic heterocycles. The number of hydrogen-bond donors (Lipinski definition) is 9. The van der Waals surface area contributed by atoms with Crippen molar-refractivity contribution in [2.24, 2.45) is 28.7 Å². The van der Waals surface area contributed by atoms with Crippen LogP contribution in [-0.4, -0.2) is 66.9 Å². The van der Waals surface area contributed by atoms with Gasteiger partial charge in [0.2, 0.25) is 11.8 Å². The van der Waals surface area contributed by atoms with Crippen molar-refractivity contribution in [3.63, 3.8) is 0 Å². The van der Waals surface area contributed by atoms with Crippen molar-refractivity contribution in [1.82, 2.24) is 0 Å². The summed E-state index contributed by atoms with van der Waals surface area (Å²) in [5.41, 5.74) is 33.6. The number of hydrogen-bond acceptors (Lipinski definition) is 11. The van der Waals surface area contributed by atoms with E-state index in [-0.39, 0.29) is 33.8 Å². The van der Waals surface area contributed by atoms with Gasteiger partial charge in [-0.15, -0.1) is 23.5 Å². The number of carbonyl (C=O) groups excluding carboxylic acids is 4.